The number of benzene rings is 2. The van der Waals surface area contributed by atoms with E-state index in [1.54, 1.807) is 12.1 Å². The molecule has 2 aromatic carbocycles. The van der Waals surface area contributed by atoms with Crippen LogP contribution >= 0.6 is 0 Å². The highest BCUT2D eigenvalue weighted by molar-refractivity contribution is 5.68. The highest BCUT2D eigenvalue weighted by atomic mass is 19.1. The summed E-state index contributed by atoms with van der Waals surface area (Å²) < 4.78 is 15.8. The fraction of sp³-hybridized carbons (Fsp3) is 0.367. The summed E-state index contributed by atoms with van der Waals surface area (Å²) in [5, 5.41) is 4.75. The second kappa shape index (κ2) is 10.1. The lowest BCUT2D eigenvalue weighted by Crippen LogP contribution is -2.45. The van der Waals surface area contributed by atoms with E-state index in [4.69, 9.17) is 0 Å². The Hall–Kier alpha value is -3.34. The Bertz CT molecular complexity index is 1250. The first-order chi connectivity index (χ1) is 17.1. The predicted octanol–water partition coefficient (Wildman–Crippen LogP) is 7.02. The van der Waals surface area contributed by atoms with E-state index in [1.807, 2.05) is 25.4 Å². The molecule has 1 aliphatic carbocycles. The number of halogens is 1. The van der Waals surface area contributed by atoms with E-state index >= 15 is 0 Å². The summed E-state index contributed by atoms with van der Waals surface area (Å²) >= 11 is 0. The summed E-state index contributed by atoms with van der Waals surface area (Å²) in [5.74, 6) is -0.194. The van der Waals surface area contributed by atoms with Crippen LogP contribution in [0.3, 0.4) is 0 Å². The van der Waals surface area contributed by atoms with Crippen LogP contribution in [0.4, 0.5) is 10.1 Å². The molecule has 2 aliphatic rings. The first kappa shape index (κ1) is 23.4. The van der Waals surface area contributed by atoms with Crippen LogP contribution in [0, 0.1) is 12.7 Å². The molecule has 5 rings (SSSR count). The number of hydrazine groups is 1. The van der Waals surface area contributed by atoms with Gasteiger partial charge in [-0.1, -0.05) is 26.0 Å². The Kier molecular flexibility index (Phi) is 6.76. The van der Waals surface area contributed by atoms with Crippen LogP contribution in [-0.2, 0) is 12.8 Å². The number of aromatic nitrogens is 2. The first-order valence-corrected chi connectivity index (χ1v) is 13.0. The predicted molar refractivity (Wildman–Crippen MR) is 142 cm³/mol. The van der Waals surface area contributed by atoms with E-state index in [0.717, 1.165) is 63.0 Å². The second-order valence-electron chi connectivity index (χ2n) is 9.55. The average molecular weight is 471 g/mol. The smallest absolute Gasteiger partial charge is 0.123 e. The van der Waals surface area contributed by atoms with Crippen molar-refractivity contribution in [1.29, 1.82) is 0 Å². The Morgan fingerprint density at radius 2 is 1.83 bits per heavy atom. The third-order valence-electron chi connectivity index (χ3n) is 7.06. The summed E-state index contributed by atoms with van der Waals surface area (Å²) in [7, 11) is 0. The van der Waals surface area contributed by atoms with E-state index in [9.17, 15) is 4.39 Å². The monoisotopic (exact) mass is 470 g/mol. The van der Waals surface area contributed by atoms with Gasteiger partial charge in [-0.3, -0.25) is 10.0 Å². The molecule has 35 heavy (non-hydrogen) atoms. The Morgan fingerprint density at radius 3 is 2.49 bits per heavy atom. The van der Waals surface area contributed by atoms with Crippen LogP contribution in [-0.4, -0.2) is 27.6 Å². The molecular formula is C30H35FN4. The SMILES string of the molecule is CCC=C1C(=Cc2ccc(-n3cnc(C)c3)c3c2CC3)CCCN1N(CCC)c1ccc(F)cc1. The maximum Gasteiger partial charge on any atom is 0.123 e. The van der Waals surface area contributed by atoms with Gasteiger partial charge in [0.15, 0.2) is 0 Å². The van der Waals surface area contributed by atoms with Crippen molar-refractivity contribution in [3.63, 3.8) is 0 Å². The average Bonchev–Trinajstić information content (AvgIpc) is 3.26. The first-order valence-electron chi connectivity index (χ1n) is 13.0. The van der Waals surface area contributed by atoms with Crippen molar-refractivity contribution < 1.29 is 4.39 Å². The van der Waals surface area contributed by atoms with Crippen LogP contribution in [0.2, 0.25) is 0 Å². The van der Waals surface area contributed by atoms with E-state index in [-0.39, 0.29) is 5.82 Å². The fourth-order valence-electron chi connectivity index (χ4n) is 5.34. The summed E-state index contributed by atoms with van der Waals surface area (Å²) in [6, 6.07) is 11.4. The lowest BCUT2D eigenvalue weighted by atomic mass is 9.82. The molecule has 0 saturated carbocycles. The molecule has 5 heteroatoms. The van der Waals surface area contributed by atoms with Crippen molar-refractivity contribution >= 4 is 11.8 Å². The minimum absolute atomic E-state index is 0.194. The van der Waals surface area contributed by atoms with E-state index < -0.39 is 0 Å². The van der Waals surface area contributed by atoms with Gasteiger partial charge in [-0.25, -0.2) is 9.37 Å². The Labute approximate surface area is 208 Å². The van der Waals surface area contributed by atoms with Crippen LogP contribution < -0.4 is 5.01 Å². The summed E-state index contributed by atoms with van der Waals surface area (Å²) in [6.07, 6.45) is 15.2. The van der Waals surface area contributed by atoms with Crippen molar-refractivity contribution in [3.05, 3.63) is 94.5 Å². The van der Waals surface area contributed by atoms with E-state index in [0.29, 0.717) is 0 Å². The summed E-state index contributed by atoms with van der Waals surface area (Å²) in [6.45, 7) is 8.30. The molecule has 0 radical (unpaired) electrons. The number of anilines is 1. The number of aryl methyl sites for hydroxylation is 1. The molecule has 0 N–H and O–H groups in total. The summed E-state index contributed by atoms with van der Waals surface area (Å²) in [4.78, 5) is 4.42. The topological polar surface area (TPSA) is 24.3 Å². The van der Waals surface area contributed by atoms with Crippen molar-refractivity contribution in [3.8, 4) is 5.69 Å². The molecule has 2 heterocycles. The van der Waals surface area contributed by atoms with Gasteiger partial charge in [-0.2, -0.15) is 0 Å². The van der Waals surface area contributed by atoms with Crippen LogP contribution in [0.25, 0.3) is 11.8 Å². The zero-order valence-corrected chi connectivity index (χ0v) is 21.1. The number of nitrogens with zero attached hydrogens (tertiary/aromatic N) is 4. The van der Waals surface area contributed by atoms with Gasteiger partial charge in [0.05, 0.1) is 23.4 Å². The van der Waals surface area contributed by atoms with Gasteiger partial charge in [0.1, 0.15) is 5.82 Å². The largest absolute Gasteiger partial charge is 0.306 e. The lowest BCUT2D eigenvalue weighted by Gasteiger charge is -2.43. The lowest BCUT2D eigenvalue weighted by molar-refractivity contribution is 0.292. The molecule has 4 nitrogen and oxygen atoms in total. The molecule has 0 amide bonds. The van der Waals surface area contributed by atoms with Crippen molar-refractivity contribution in [2.75, 3.05) is 18.1 Å². The molecular weight excluding hydrogens is 435 g/mol. The normalized spacial score (nSPS) is 17.5. The molecule has 0 unspecified atom stereocenters. The highest BCUT2D eigenvalue weighted by Crippen LogP contribution is 2.37. The van der Waals surface area contributed by atoms with Gasteiger partial charge in [0.25, 0.3) is 0 Å². The van der Waals surface area contributed by atoms with Crippen LogP contribution in [0.1, 0.15) is 61.9 Å². The van der Waals surface area contributed by atoms with Crippen molar-refractivity contribution in [2.24, 2.45) is 0 Å². The van der Waals surface area contributed by atoms with Gasteiger partial charge in [0.2, 0.25) is 0 Å². The second-order valence-corrected chi connectivity index (χ2v) is 9.55. The highest BCUT2D eigenvalue weighted by Gasteiger charge is 2.26. The molecule has 3 aromatic rings. The Morgan fingerprint density at radius 1 is 1.03 bits per heavy atom. The van der Waals surface area contributed by atoms with Crippen LogP contribution in [0.5, 0.6) is 0 Å². The summed E-state index contributed by atoms with van der Waals surface area (Å²) in [5.41, 5.74) is 10.3. The Balaban J connectivity index is 1.50. The van der Waals surface area contributed by atoms with Crippen molar-refractivity contribution in [2.45, 2.75) is 59.3 Å². The standard InChI is InChI=1S/C30H35FN4/c1-4-7-29-24(8-6-18-35(29)34(17-5-2)26-12-10-25(31)11-13-26)19-23-9-16-30(28-15-14-27(23)28)33-20-22(3)32-21-33/h7,9-13,16,19-21H,4-6,8,14-15,17-18H2,1-3H3. The molecule has 182 valence electrons. The molecule has 1 fully saturated rings. The molecule has 0 bridgehead atoms. The molecule has 0 atom stereocenters. The molecule has 1 saturated heterocycles. The van der Waals surface area contributed by atoms with Gasteiger partial charge >= 0.3 is 0 Å². The fourth-order valence-corrected chi connectivity index (χ4v) is 5.34. The minimum atomic E-state index is -0.194. The third kappa shape index (κ3) is 4.64. The zero-order chi connectivity index (χ0) is 24.4. The third-order valence-corrected chi connectivity index (χ3v) is 7.06. The molecule has 0 spiro atoms. The van der Waals surface area contributed by atoms with Crippen molar-refractivity contribution in [1.82, 2.24) is 14.6 Å². The number of imidazole rings is 1. The maximum atomic E-state index is 13.6. The number of rotatable bonds is 7. The van der Waals surface area contributed by atoms with E-state index in [2.05, 4.69) is 63.9 Å². The van der Waals surface area contributed by atoms with E-state index in [1.165, 1.54) is 33.6 Å². The maximum absolute atomic E-state index is 13.6. The molecule has 1 aromatic heterocycles. The van der Waals surface area contributed by atoms with Gasteiger partial charge < -0.3 is 4.57 Å². The minimum Gasteiger partial charge on any atom is -0.306 e. The van der Waals surface area contributed by atoms with Gasteiger partial charge in [-0.15, -0.1) is 0 Å². The quantitative estimate of drug-likeness (QED) is 0.371. The van der Waals surface area contributed by atoms with Crippen LogP contribution in [0.15, 0.2) is 66.3 Å². The number of hydrogen-bond acceptors (Lipinski definition) is 3. The number of fused-ring (bicyclic) bond motifs is 1. The number of allylic oxidation sites excluding steroid dienone is 2. The molecule has 1 aliphatic heterocycles. The van der Waals surface area contributed by atoms with Gasteiger partial charge in [0, 0.05) is 25.0 Å². The number of hydrogen-bond donors (Lipinski definition) is 0. The number of piperidine rings is 1. The zero-order valence-electron chi connectivity index (χ0n) is 21.1. The van der Waals surface area contributed by atoms with Gasteiger partial charge in [-0.05, 0) is 104 Å².